The van der Waals surface area contributed by atoms with Gasteiger partial charge in [-0.3, -0.25) is 9.89 Å². The Morgan fingerprint density at radius 3 is 2.62 bits per heavy atom. The standard InChI is InChI=1S/C16H22N4O/c1-5-11(4)16(21)17-13-9-7-6-8-12(13)15-18-14(10(2)3)19-20-15/h6-11H,5H2,1-4H3,(H,17,21)(H,18,19,20)/t11-/m1/s1. The van der Waals surface area contributed by atoms with Crippen molar-refractivity contribution < 1.29 is 4.79 Å². The molecule has 0 bridgehead atoms. The smallest absolute Gasteiger partial charge is 0.227 e. The predicted octanol–water partition coefficient (Wildman–Crippen LogP) is 3.58. The van der Waals surface area contributed by atoms with Crippen molar-refractivity contribution >= 4 is 11.6 Å². The first-order chi connectivity index (χ1) is 10.0. The third-order valence-corrected chi connectivity index (χ3v) is 3.54. The van der Waals surface area contributed by atoms with Gasteiger partial charge in [-0.15, -0.1) is 0 Å². The topological polar surface area (TPSA) is 70.7 Å². The molecule has 1 atom stereocenters. The van der Waals surface area contributed by atoms with Gasteiger partial charge < -0.3 is 5.32 Å². The van der Waals surface area contributed by atoms with E-state index in [1.54, 1.807) is 0 Å². The largest absolute Gasteiger partial charge is 0.325 e. The molecule has 1 amide bonds. The Hall–Kier alpha value is -2.17. The Kier molecular flexibility index (Phi) is 4.73. The van der Waals surface area contributed by atoms with Gasteiger partial charge in [-0.25, -0.2) is 4.98 Å². The van der Waals surface area contributed by atoms with Crippen LogP contribution in [0.4, 0.5) is 5.69 Å². The maximum Gasteiger partial charge on any atom is 0.227 e. The summed E-state index contributed by atoms with van der Waals surface area (Å²) < 4.78 is 0. The van der Waals surface area contributed by atoms with E-state index in [9.17, 15) is 4.79 Å². The lowest BCUT2D eigenvalue weighted by Crippen LogP contribution is -2.20. The molecule has 0 saturated carbocycles. The lowest BCUT2D eigenvalue weighted by atomic mass is 10.1. The number of nitrogens with one attached hydrogen (secondary N) is 2. The molecule has 5 nitrogen and oxygen atoms in total. The summed E-state index contributed by atoms with van der Waals surface area (Å²) in [5, 5.41) is 10.2. The number of nitrogens with zero attached hydrogens (tertiary/aromatic N) is 2. The van der Waals surface area contributed by atoms with Crippen molar-refractivity contribution in [2.75, 3.05) is 5.32 Å². The van der Waals surface area contributed by atoms with E-state index in [0.717, 1.165) is 23.5 Å². The molecule has 21 heavy (non-hydrogen) atoms. The highest BCUT2D eigenvalue weighted by molar-refractivity contribution is 5.95. The molecular formula is C16H22N4O. The molecule has 0 aliphatic carbocycles. The van der Waals surface area contributed by atoms with E-state index < -0.39 is 0 Å². The molecule has 112 valence electrons. The van der Waals surface area contributed by atoms with Crippen LogP contribution >= 0.6 is 0 Å². The molecule has 0 saturated heterocycles. The van der Waals surface area contributed by atoms with Crippen LogP contribution < -0.4 is 5.32 Å². The number of para-hydroxylation sites is 1. The zero-order valence-corrected chi connectivity index (χ0v) is 13.0. The summed E-state index contributed by atoms with van der Waals surface area (Å²) in [5.74, 6) is 1.74. The number of aromatic amines is 1. The van der Waals surface area contributed by atoms with Crippen LogP contribution in [0.15, 0.2) is 24.3 Å². The van der Waals surface area contributed by atoms with Crippen molar-refractivity contribution in [3.63, 3.8) is 0 Å². The molecule has 2 rings (SSSR count). The number of carbonyl (C=O) groups excluding carboxylic acids is 1. The van der Waals surface area contributed by atoms with Crippen molar-refractivity contribution in [1.29, 1.82) is 0 Å². The number of hydrogen-bond acceptors (Lipinski definition) is 3. The quantitative estimate of drug-likeness (QED) is 0.882. The third-order valence-electron chi connectivity index (χ3n) is 3.54. The number of H-pyrrole nitrogens is 1. The Bertz CT molecular complexity index is 618. The highest BCUT2D eigenvalue weighted by Crippen LogP contribution is 2.26. The second kappa shape index (κ2) is 6.52. The molecule has 0 radical (unpaired) electrons. The van der Waals surface area contributed by atoms with Gasteiger partial charge in [0.2, 0.25) is 5.91 Å². The molecule has 0 aliphatic rings. The first kappa shape index (κ1) is 15.2. The number of aromatic nitrogens is 3. The minimum Gasteiger partial charge on any atom is -0.325 e. The van der Waals surface area contributed by atoms with Crippen molar-refractivity contribution in [1.82, 2.24) is 15.2 Å². The molecular weight excluding hydrogens is 264 g/mol. The van der Waals surface area contributed by atoms with Crippen molar-refractivity contribution in [2.24, 2.45) is 5.92 Å². The van der Waals surface area contributed by atoms with Gasteiger partial charge in [0, 0.05) is 17.4 Å². The highest BCUT2D eigenvalue weighted by Gasteiger charge is 2.16. The van der Waals surface area contributed by atoms with Crippen molar-refractivity contribution in [2.45, 2.75) is 40.0 Å². The molecule has 2 aromatic rings. The highest BCUT2D eigenvalue weighted by atomic mass is 16.1. The number of anilines is 1. The number of hydrogen-bond donors (Lipinski definition) is 2. The predicted molar refractivity (Wildman–Crippen MR) is 84.0 cm³/mol. The SMILES string of the molecule is CC[C@@H](C)C(=O)Nc1ccccc1-c1n[nH]c(C(C)C)n1. The van der Waals surface area contributed by atoms with Crippen LogP contribution in [0, 0.1) is 5.92 Å². The third kappa shape index (κ3) is 3.48. The fourth-order valence-corrected chi connectivity index (χ4v) is 1.88. The summed E-state index contributed by atoms with van der Waals surface area (Å²) in [5.41, 5.74) is 1.58. The lowest BCUT2D eigenvalue weighted by Gasteiger charge is -2.12. The Balaban J connectivity index is 2.30. The normalized spacial score (nSPS) is 12.4. The van der Waals surface area contributed by atoms with E-state index in [0.29, 0.717) is 5.82 Å². The summed E-state index contributed by atoms with van der Waals surface area (Å²) in [4.78, 5) is 16.6. The molecule has 0 aliphatic heterocycles. The summed E-state index contributed by atoms with van der Waals surface area (Å²) >= 11 is 0. The van der Waals surface area contributed by atoms with E-state index in [1.165, 1.54) is 0 Å². The summed E-state index contributed by atoms with van der Waals surface area (Å²) in [7, 11) is 0. The molecule has 0 unspecified atom stereocenters. The number of benzene rings is 1. The summed E-state index contributed by atoms with van der Waals surface area (Å²) in [6.07, 6.45) is 0.812. The minimum atomic E-state index is -0.0172. The number of amides is 1. The van der Waals surface area contributed by atoms with Crippen LogP contribution in [0.25, 0.3) is 11.4 Å². The van der Waals surface area contributed by atoms with E-state index in [-0.39, 0.29) is 17.7 Å². The Labute approximate surface area is 125 Å². The Morgan fingerprint density at radius 1 is 1.29 bits per heavy atom. The zero-order chi connectivity index (χ0) is 15.4. The number of rotatable bonds is 5. The lowest BCUT2D eigenvalue weighted by molar-refractivity contribution is -0.119. The second-order valence-electron chi connectivity index (χ2n) is 5.54. The van der Waals surface area contributed by atoms with Gasteiger partial charge >= 0.3 is 0 Å². The van der Waals surface area contributed by atoms with Crippen LogP contribution in [0.1, 0.15) is 45.9 Å². The van der Waals surface area contributed by atoms with Crippen LogP contribution in [0.5, 0.6) is 0 Å². The summed E-state index contributed by atoms with van der Waals surface area (Å²) in [6.45, 7) is 8.03. The average Bonchev–Trinajstić information content (AvgIpc) is 2.96. The van der Waals surface area contributed by atoms with Gasteiger partial charge in [0.05, 0.1) is 5.69 Å². The fourth-order valence-electron chi connectivity index (χ4n) is 1.88. The van der Waals surface area contributed by atoms with Crippen LogP contribution in [0.3, 0.4) is 0 Å². The molecule has 1 heterocycles. The van der Waals surface area contributed by atoms with Crippen molar-refractivity contribution in [3.05, 3.63) is 30.1 Å². The molecule has 0 spiro atoms. The fraction of sp³-hybridized carbons (Fsp3) is 0.438. The van der Waals surface area contributed by atoms with Crippen LogP contribution in [-0.4, -0.2) is 21.1 Å². The average molecular weight is 286 g/mol. The monoisotopic (exact) mass is 286 g/mol. The maximum atomic E-state index is 12.1. The van der Waals surface area contributed by atoms with Crippen LogP contribution in [-0.2, 0) is 4.79 Å². The van der Waals surface area contributed by atoms with Gasteiger partial charge in [0.15, 0.2) is 5.82 Å². The first-order valence-electron chi connectivity index (χ1n) is 7.35. The zero-order valence-electron chi connectivity index (χ0n) is 13.0. The minimum absolute atomic E-state index is 0.0172. The van der Waals surface area contributed by atoms with Gasteiger partial charge in [0.1, 0.15) is 5.82 Å². The van der Waals surface area contributed by atoms with Gasteiger partial charge in [-0.05, 0) is 18.6 Å². The van der Waals surface area contributed by atoms with Gasteiger partial charge in [-0.1, -0.05) is 39.8 Å². The molecule has 5 heteroatoms. The van der Waals surface area contributed by atoms with Gasteiger partial charge in [0.25, 0.3) is 0 Å². The van der Waals surface area contributed by atoms with Crippen molar-refractivity contribution in [3.8, 4) is 11.4 Å². The van der Waals surface area contributed by atoms with E-state index in [4.69, 9.17) is 0 Å². The van der Waals surface area contributed by atoms with Crippen LogP contribution in [0.2, 0.25) is 0 Å². The molecule has 1 aromatic carbocycles. The van der Waals surface area contributed by atoms with E-state index >= 15 is 0 Å². The van der Waals surface area contributed by atoms with Gasteiger partial charge in [-0.2, -0.15) is 5.10 Å². The summed E-state index contributed by atoms with van der Waals surface area (Å²) in [6, 6.07) is 7.60. The Morgan fingerprint density at radius 2 is 2.00 bits per heavy atom. The number of carbonyl (C=O) groups is 1. The molecule has 1 aromatic heterocycles. The first-order valence-corrected chi connectivity index (χ1v) is 7.35. The molecule has 2 N–H and O–H groups in total. The second-order valence-corrected chi connectivity index (χ2v) is 5.54. The maximum absolute atomic E-state index is 12.1. The molecule has 0 fully saturated rings. The van der Waals surface area contributed by atoms with E-state index in [2.05, 4.69) is 34.3 Å². The van der Waals surface area contributed by atoms with E-state index in [1.807, 2.05) is 38.1 Å².